The number of hydrogen-bond donors (Lipinski definition) is 6. The highest BCUT2D eigenvalue weighted by molar-refractivity contribution is 5.96. The number of amides is 2. The lowest BCUT2D eigenvalue weighted by atomic mass is 10.1. The maximum absolute atomic E-state index is 12.3. The Morgan fingerprint density at radius 3 is 2.67 bits per heavy atom. The quantitative estimate of drug-likeness (QED) is 0.250. The van der Waals surface area contributed by atoms with Gasteiger partial charge in [-0.05, 0) is 30.7 Å². The van der Waals surface area contributed by atoms with Crippen LogP contribution >= 0.6 is 0 Å². The number of aldehydes is 1. The fourth-order valence-electron chi connectivity index (χ4n) is 3.36. The van der Waals surface area contributed by atoms with Gasteiger partial charge in [-0.15, -0.1) is 0 Å². The van der Waals surface area contributed by atoms with Crippen LogP contribution < -0.4 is 32.1 Å². The Morgan fingerprint density at radius 2 is 2.03 bits per heavy atom. The number of carboxylic acid groups (broad SMARTS) is 1. The predicted octanol–water partition coefficient (Wildman–Crippen LogP) is -0.617. The van der Waals surface area contributed by atoms with Crippen molar-refractivity contribution in [2.75, 3.05) is 34.4 Å². The molecule has 33 heavy (non-hydrogen) atoms. The number of aliphatic carboxylic acids is 1. The molecule has 13 nitrogen and oxygen atoms in total. The number of anilines is 4. The van der Waals surface area contributed by atoms with Gasteiger partial charge in [-0.1, -0.05) is 0 Å². The first-order valence-electron chi connectivity index (χ1n) is 10.0. The van der Waals surface area contributed by atoms with E-state index in [1.54, 1.807) is 12.1 Å². The van der Waals surface area contributed by atoms with Gasteiger partial charge in [-0.2, -0.15) is 4.98 Å². The van der Waals surface area contributed by atoms with Crippen molar-refractivity contribution in [2.45, 2.75) is 24.9 Å². The number of rotatable bonds is 10. The maximum atomic E-state index is 12.3. The summed E-state index contributed by atoms with van der Waals surface area (Å²) in [7, 11) is 0. The minimum atomic E-state index is -1.22. The smallest absolute Gasteiger partial charge is 0.326 e. The van der Waals surface area contributed by atoms with E-state index >= 15 is 0 Å². The molecule has 1 unspecified atom stereocenters. The molecule has 13 heteroatoms. The highest BCUT2D eigenvalue weighted by Crippen LogP contribution is 2.25. The van der Waals surface area contributed by atoms with Gasteiger partial charge in [0.25, 0.3) is 11.5 Å². The van der Waals surface area contributed by atoms with E-state index in [1.807, 2.05) is 0 Å². The molecule has 0 saturated heterocycles. The average Bonchev–Trinajstić information content (AvgIpc) is 2.79. The molecule has 1 aromatic heterocycles. The molecule has 0 saturated carbocycles. The number of aromatic amines is 1. The van der Waals surface area contributed by atoms with Crippen molar-refractivity contribution in [2.24, 2.45) is 0 Å². The average molecular weight is 457 g/mol. The fraction of sp³-hybridized carbons (Fsp3) is 0.300. The second-order valence-corrected chi connectivity index (χ2v) is 7.26. The lowest BCUT2D eigenvalue weighted by Crippen LogP contribution is -2.50. The highest BCUT2D eigenvalue weighted by atomic mass is 16.4. The molecule has 0 bridgehead atoms. The van der Waals surface area contributed by atoms with Gasteiger partial charge >= 0.3 is 5.97 Å². The van der Waals surface area contributed by atoms with Gasteiger partial charge < -0.3 is 36.5 Å². The summed E-state index contributed by atoms with van der Waals surface area (Å²) in [6, 6.07) is 4.71. The number of nitrogen functional groups attached to an aromatic ring is 1. The second-order valence-electron chi connectivity index (χ2n) is 7.26. The Hall–Kier alpha value is -4.42. The van der Waals surface area contributed by atoms with E-state index in [0.717, 1.165) is 0 Å². The van der Waals surface area contributed by atoms with Crippen molar-refractivity contribution in [3.63, 3.8) is 0 Å². The van der Waals surface area contributed by atoms with Crippen molar-refractivity contribution in [3.05, 3.63) is 40.2 Å². The Labute approximate surface area is 187 Å². The molecule has 2 heterocycles. The van der Waals surface area contributed by atoms with Crippen LogP contribution in [-0.4, -0.2) is 64.8 Å². The van der Waals surface area contributed by atoms with Gasteiger partial charge in [0.05, 0.1) is 6.04 Å². The third-order valence-electron chi connectivity index (χ3n) is 5.05. The topological polar surface area (TPSA) is 200 Å². The van der Waals surface area contributed by atoms with E-state index in [1.165, 1.54) is 17.0 Å². The van der Waals surface area contributed by atoms with Crippen molar-refractivity contribution in [3.8, 4) is 0 Å². The van der Waals surface area contributed by atoms with Crippen LogP contribution in [-0.2, 0) is 14.4 Å². The normalized spacial score (nSPS) is 15.5. The SMILES string of the molecule is Nc1nc2c(c(=O)[nH]1)N(C=O)C(CNc1ccc(C(=O)N[C@@H](CCC=O)C(=O)O)cc1)CN2. The number of H-pyrrole nitrogens is 1. The number of carboxylic acids is 1. The number of carbonyl (C=O) groups excluding carboxylic acids is 3. The van der Waals surface area contributed by atoms with Crippen LogP contribution in [0.3, 0.4) is 0 Å². The van der Waals surface area contributed by atoms with Gasteiger partial charge in [0.2, 0.25) is 12.4 Å². The summed E-state index contributed by atoms with van der Waals surface area (Å²) < 4.78 is 0. The Kier molecular flexibility index (Phi) is 7.23. The maximum Gasteiger partial charge on any atom is 0.326 e. The van der Waals surface area contributed by atoms with Gasteiger partial charge in [0.15, 0.2) is 11.5 Å². The molecule has 2 atom stereocenters. The summed E-state index contributed by atoms with van der Waals surface area (Å²) in [5.74, 6) is -1.63. The molecule has 0 fully saturated rings. The molecule has 1 aliphatic heterocycles. The lowest BCUT2D eigenvalue weighted by Gasteiger charge is -2.34. The van der Waals surface area contributed by atoms with Gasteiger partial charge in [-0.3, -0.25) is 19.4 Å². The minimum absolute atomic E-state index is 0.000937. The van der Waals surface area contributed by atoms with Crippen LogP contribution in [0.2, 0.25) is 0 Å². The Morgan fingerprint density at radius 1 is 1.30 bits per heavy atom. The van der Waals surface area contributed by atoms with E-state index in [9.17, 15) is 24.0 Å². The molecule has 3 rings (SSSR count). The van der Waals surface area contributed by atoms with Gasteiger partial charge in [0.1, 0.15) is 12.3 Å². The molecular weight excluding hydrogens is 434 g/mol. The number of nitrogens with one attached hydrogen (secondary N) is 4. The van der Waals surface area contributed by atoms with Crippen molar-refractivity contribution >= 4 is 47.7 Å². The first-order chi connectivity index (χ1) is 15.8. The predicted molar refractivity (Wildman–Crippen MR) is 119 cm³/mol. The molecular formula is C20H23N7O6. The number of aromatic nitrogens is 2. The van der Waals surface area contributed by atoms with Crippen molar-refractivity contribution < 1.29 is 24.3 Å². The van der Waals surface area contributed by atoms with Gasteiger partial charge in [-0.25, -0.2) is 4.79 Å². The lowest BCUT2D eigenvalue weighted by molar-refractivity contribution is -0.139. The second kappa shape index (κ2) is 10.3. The monoisotopic (exact) mass is 457 g/mol. The highest BCUT2D eigenvalue weighted by Gasteiger charge is 2.29. The fourth-order valence-corrected chi connectivity index (χ4v) is 3.36. The number of nitrogens with two attached hydrogens (primary N) is 1. The largest absolute Gasteiger partial charge is 0.480 e. The van der Waals surface area contributed by atoms with E-state index < -0.39 is 29.5 Å². The zero-order valence-electron chi connectivity index (χ0n) is 17.4. The first-order valence-corrected chi connectivity index (χ1v) is 10.0. The van der Waals surface area contributed by atoms with E-state index in [-0.39, 0.29) is 42.4 Å². The van der Waals surface area contributed by atoms with Crippen LogP contribution in [0.25, 0.3) is 0 Å². The van der Waals surface area contributed by atoms with E-state index in [4.69, 9.17) is 10.8 Å². The van der Waals surface area contributed by atoms with Crippen molar-refractivity contribution in [1.29, 1.82) is 0 Å². The third kappa shape index (κ3) is 5.44. The van der Waals surface area contributed by atoms with Gasteiger partial charge in [0, 0.05) is 30.8 Å². The zero-order chi connectivity index (χ0) is 24.0. The molecule has 2 amide bonds. The standard InChI is InChI=1S/C20H23N7O6/c21-20-25-16-15(18(31)26-20)27(10-29)13(9-23-16)8-22-12-5-3-11(4-6-12)17(30)24-14(19(32)33)2-1-7-28/h3-7,10,13-14,22H,1-2,8-9H2,(H,24,30)(H,32,33)(H4,21,23,25,26,31)/t13?,14-/m0/s1. The Balaban J connectivity index is 1.63. The van der Waals surface area contributed by atoms with E-state index in [2.05, 4.69) is 25.9 Å². The van der Waals surface area contributed by atoms with Crippen LogP contribution in [0.5, 0.6) is 0 Å². The summed E-state index contributed by atoms with van der Waals surface area (Å²) in [5, 5.41) is 17.7. The van der Waals surface area contributed by atoms with Crippen LogP contribution in [0.1, 0.15) is 23.2 Å². The summed E-state index contributed by atoms with van der Waals surface area (Å²) in [6.45, 7) is 0.611. The van der Waals surface area contributed by atoms with Crippen LogP contribution in [0.4, 0.5) is 23.1 Å². The Bertz CT molecular complexity index is 1100. The zero-order valence-corrected chi connectivity index (χ0v) is 17.4. The molecule has 7 N–H and O–H groups in total. The summed E-state index contributed by atoms with van der Waals surface area (Å²) >= 11 is 0. The number of hydrogen-bond acceptors (Lipinski definition) is 9. The molecule has 0 spiro atoms. The van der Waals surface area contributed by atoms with Crippen molar-refractivity contribution in [1.82, 2.24) is 15.3 Å². The van der Waals surface area contributed by atoms with Crippen LogP contribution in [0, 0.1) is 0 Å². The molecule has 2 aromatic rings. The number of nitrogens with zero attached hydrogens (tertiary/aromatic N) is 2. The minimum Gasteiger partial charge on any atom is -0.480 e. The number of fused-ring (bicyclic) bond motifs is 1. The molecule has 1 aliphatic rings. The molecule has 0 radical (unpaired) electrons. The van der Waals surface area contributed by atoms with Crippen LogP contribution in [0.15, 0.2) is 29.1 Å². The summed E-state index contributed by atoms with van der Waals surface area (Å²) in [5.41, 5.74) is 5.96. The molecule has 0 aliphatic carbocycles. The summed E-state index contributed by atoms with van der Waals surface area (Å²) in [6.07, 6.45) is 1.17. The van der Waals surface area contributed by atoms with E-state index in [0.29, 0.717) is 24.9 Å². The number of carbonyl (C=O) groups is 4. The summed E-state index contributed by atoms with van der Waals surface area (Å²) in [4.78, 5) is 65.5. The number of benzene rings is 1. The molecule has 174 valence electrons. The first kappa shape index (κ1) is 23.2. The molecule has 1 aromatic carbocycles. The third-order valence-corrected chi connectivity index (χ3v) is 5.05.